The van der Waals surface area contributed by atoms with Crippen LogP contribution in [0.5, 0.6) is 0 Å². The average molecular weight is 352 g/mol. The van der Waals surface area contributed by atoms with Crippen LogP contribution in [0.4, 0.5) is 0 Å². The van der Waals surface area contributed by atoms with Crippen LogP contribution in [0.3, 0.4) is 0 Å². The summed E-state index contributed by atoms with van der Waals surface area (Å²) in [5, 5.41) is 8.31. The largest absolute Gasteiger partial charge is 0.308 e. The molecule has 0 saturated heterocycles. The van der Waals surface area contributed by atoms with E-state index < -0.39 is 0 Å². The molecule has 5 rings (SSSR count). The summed E-state index contributed by atoms with van der Waals surface area (Å²) >= 11 is 3.74. The Kier molecular flexibility index (Phi) is 3.45. The molecule has 1 atom stereocenters. The van der Waals surface area contributed by atoms with E-state index in [0.29, 0.717) is 11.5 Å². The minimum absolute atomic E-state index is 0.456. The molecule has 4 fully saturated rings. The molecule has 0 aliphatic heterocycles. The molecule has 1 heterocycles. The quantitative estimate of drug-likeness (QED) is 0.886. The number of rotatable bonds is 4. The summed E-state index contributed by atoms with van der Waals surface area (Å²) in [6, 6.07) is 0.456. The Morgan fingerprint density at radius 1 is 1.29 bits per heavy atom. The molecule has 1 aromatic heterocycles. The topological polar surface area (TPSA) is 29.9 Å². The molecule has 0 spiro atoms. The molecule has 116 valence electrons. The van der Waals surface area contributed by atoms with Crippen LogP contribution in [0, 0.1) is 23.2 Å². The molecule has 4 bridgehead atoms. The van der Waals surface area contributed by atoms with Gasteiger partial charge in [0.05, 0.1) is 22.4 Å². The van der Waals surface area contributed by atoms with Gasteiger partial charge in [0.1, 0.15) is 0 Å². The number of nitrogens with zero attached hydrogens (tertiary/aromatic N) is 2. The average Bonchev–Trinajstić information content (AvgIpc) is 2.74. The number of hydrogen-bond donors (Lipinski definition) is 1. The van der Waals surface area contributed by atoms with E-state index in [1.807, 2.05) is 6.20 Å². The predicted molar refractivity (Wildman–Crippen MR) is 87.9 cm³/mol. The Hall–Kier alpha value is -0.350. The van der Waals surface area contributed by atoms with Crippen LogP contribution >= 0.6 is 15.9 Å². The first-order valence-electron chi connectivity index (χ1n) is 8.52. The van der Waals surface area contributed by atoms with Crippen LogP contribution < -0.4 is 5.32 Å². The highest BCUT2D eigenvalue weighted by Gasteiger charge is 2.55. The Labute approximate surface area is 136 Å². The summed E-state index contributed by atoms with van der Waals surface area (Å²) in [6.45, 7) is 3.27. The van der Waals surface area contributed by atoms with Crippen LogP contribution in [0.1, 0.15) is 57.2 Å². The van der Waals surface area contributed by atoms with Gasteiger partial charge in [-0.1, -0.05) is 6.92 Å². The smallest absolute Gasteiger partial charge is 0.0698 e. The molecular formula is C17H26BrN3. The molecule has 3 nitrogen and oxygen atoms in total. The fourth-order valence-electron chi connectivity index (χ4n) is 6.08. The maximum absolute atomic E-state index is 4.48. The second-order valence-corrected chi connectivity index (χ2v) is 8.63. The van der Waals surface area contributed by atoms with E-state index in [4.69, 9.17) is 0 Å². The minimum Gasteiger partial charge on any atom is -0.308 e. The first-order valence-corrected chi connectivity index (χ1v) is 9.31. The predicted octanol–water partition coefficient (Wildman–Crippen LogP) is 4.05. The van der Waals surface area contributed by atoms with Crippen molar-refractivity contribution in [2.45, 2.75) is 51.5 Å². The van der Waals surface area contributed by atoms with Gasteiger partial charge in [0.25, 0.3) is 0 Å². The van der Waals surface area contributed by atoms with Crippen molar-refractivity contribution < 1.29 is 0 Å². The normalized spacial score (nSPS) is 38.9. The third-order valence-electron chi connectivity index (χ3n) is 6.32. The minimum atomic E-state index is 0.456. The van der Waals surface area contributed by atoms with Crippen molar-refractivity contribution in [1.82, 2.24) is 15.1 Å². The van der Waals surface area contributed by atoms with Crippen molar-refractivity contribution in [2.75, 3.05) is 6.54 Å². The highest BCUT2D eigenvalue weighted by atomic mass is 79.9. The number of halogens is 1. The molecule has 21 heavy (non-hydrogen) atoms. The van der Waals surface area contributed by atoms with Gasteiger partial charge >= 0.3 is 0 Å². The summed E-state index contributed by atoms with van der Waals surface area (Å²) in [6.07, 6.45) is 10.7. The van der Waals surface area contributed by atoms with E-state index in [0.717, 1.165) is 24.3 Å². The summed E-state index contributed by atoms with van der Waals surface area (Å²) < 4.78 is 3.25. The van der Waals surface area contributed by atoms with Crippen LogP contribution in [0.2, 0.25) is 0 Å². The van der Waals surface area contributed by atoms with Gasteiger partial charge in [-0.3, -0.25) is 4.68 Å². The number of hydrogen-bond acceptors (Lipinski definition) is 2. The molecule has 1 N–H and O–H groups in total. The second-order valence-electron chi connectivity index (χ2n) is 7.77. The van der Waals surface area contributed by atoms with Crippen LogP contribution in [-0.2, 0) is 7.05 Å². The number of aryl methyl sites for hydroxylation is 1. The zero-order chi connectivity index (χ0) is 14.6. The highest BCUT2D eigenvalue weighted by molar-refractivity contribution is 9.10. The SMILES string of the molecule is CCNC(c1c(Br)cnn1C)C12CC3CC(CC(C3)C1)C2. The Bertz CT molecular complexity index is 481. The van der Waals surface area contributed by atoms with Gasteiger partial charge in [-0.15, -0.1) is 0 Å². The Morgan fingerprint density at radius 2 is 1.86 bits per heavy atom. The summed E-state index contributed by atoms with van der Waals surface area (Å²) in [5.41, 5.74) is 1.83. The van der Waals surface area contributed by atoms with Gasteiger partial charge in [-0.05, 0) is 84.2 Å². The molecular weight excluding hydrogens is 326 g/mol. The van der Waals surface area contributed by atoms with Gasteiger partial charge in [0, 0.05) is 7.05 Å². The van der Waals surface area contributed by atoms with E-state index in [1.54, 1.807) is 0 Å². The van der Waals surface area contributed by atoms with Crippen molar-refractivity contribution >= 4 is 15.9 Å². The van der Waals surface area contributed by atoms with E-state index in [-0.39, 0.29) is 0 Å². The lowest BCUT2D eigenvalue weighted by Gasteiger charge is -2.59. The number of aromatic nitrogens is 2. The van der Waals surface area contributed by atoms with E-state index in [2.05, 4.69) is 45.0 Å². The van der Waals surface area contributed by atoms with Crippen molar-refractivity contribution in [3.63, 3.8) is 0 Å². The highest BCUT2D eigenvalue weighted by Crippen LogP contribution is 2.64. The van der Waals surface area contributed by atoms with Gasteiger partial charge in [-0.25, -0.2) is 0 Å². The van der Waals surface area contributed by atoms with Crippen molar-refractivity contribution in [3.8, 4) is 0 Å². The van der Waals surface area contributed by atoms with Crippen LogP contribution in [0.25, 0.3) is 0 Å². The lowest BCUT2D eigenvalue weighted by molar-refractivity contribution is -0.0760. The van der Waals surface area contributed by atoms with Gasteiger partial charge in [0.2, 0.25) is 0 Å². The fraction of sp³-hybridized carbons (Fsp3) is 0.824. The van der Waals surface area contributed by atoms with Crippen LogP contribution in [0.15, 0.2) is 10.7 Å². The van der Waals surface area contributed by atoms with E-state index in [9.17, 15) is 0 Å². The Morgan fingerprint density at radius 3 is 2.29 bits per heavy atom. The molecule has 0 radical (unpaired) electrons. The third-order valence-corrected chi connectivity index (χ3v) is 6.93. The molecule has 4 aliphatic rings. The first-order chi connectivity index (χ1) is 10.1. The summed E-state index contributed by atoms with van der Waals surface area (Å²) in [7, 11) is 2.09. The summed E-state index contributed by atoms with van der Waals surface area (Å²) in [4.78, 5) is 0. The zero-order valence-corrected chi connectivity index (χ0v) is 14.7. The lowest BCUT2D eigenvalue weighted by Crippen LogP contribution is -2.52. The molecule has 1 aromatic rings. The maximum atomic E-state index is 4.48. The van der Waals surface area contributed by atoms with Gasteiger partial charge in [-0.2, -0.15) is 5.10 Å². The van der Waals surface area contributed by atoms with E-state index in [1.165, 1.54) is 48.7 Å². The summed E-state index contributed by atoms with van der Waals surface area (Å²) in [5.74, 6) is 2.97. The van der Waals surface area contributed by atoms with Crippen LogP contribution in [-0.4, -0.2) is 16.3 Å². The second kappa shape index (κ2) is 5.09. The van der Waals surface area contributed by atoms with Crippen molar-refractivity contribution in [1.29, 1.82) is 0 Å². The molecule has 0 amide bonds. The van der Waals surface area contributed by atoms with Crippen molar-refractivity contribution in [2.24, 2.45) is 30.2 Å². The lowest BCUT2D eigenvalue weighted by atomic mass is 9.47. The zero-order valence-electron chi connectivity index (χ0n) is 13.1. The maximum Gasteiger partial charge on any atom is 0.0698 e. The standard InChI is InChI=1S/C17H26BrN3/c1-3-19-16(15-14(18)10-20-21(15)2)17-7-11-4-12(8-17)6-13(5-11)9-17/h10-13,16,19H,3-9H2,1-2H3. The molecule has 4 saturated carbocycles. The molecule has 4 aliphatic carbocycles. The Balaban J connectivity index is 1.74. The van der Waals surface area contributed by atoms with Crippen molar-refractivity contribution in [3.05, 3.63) is 16.4 Å². The number of nitrogens with one attached hydrogen (secondary N) is 1. The molecule has 1 unspecified atom stereocenters. The van der Waals surface area contributed by atoms with Gasteiger partial charge in [0.15, 0.2) is 0 Å². The monoisotopic (exact) mass is 351 g/mol. The van der Waals surface area contributed by atoms with Gasteiger partial charge < -0.3 is 5.32 Å². The third kappa shape index (κ3) is 2.21. The van der Waals surface area contributed by atoms with E-state index >= 15 is 0 Å². The fourth-order valence-corrected chi connectivity index (χ4v) is 6.66. The molecule has 4 heteroatoms. The molecule has 0 aromatic carbocycles. The first kappa shape index (κ1) is 14.3.